The van der Waals surface area contributed by atoms with Gasteiger partial charge in [0.25, 0.3) is 0 Å². The molecule has 3 heteroatoms. The van der Waals surface area contributed by atoms with Crippen LogP contribution in [-0.4, -0.2) is 0 Å². The summed E-state index contributed by atoms with van der Waals surface area (Å²) in [4.78, 5) is 0. The topological polar surface area (TPSA) is 3.88 Å². The highest BCUT2D eigenvalue weighted by molar-refractivity contribution is 7.09. The van der Waals surface area contributed by atoms with Crippen molar-refractivity contribution < 1.29 is 8.96 Å². The van der Waals surface area contributed by atoms with Gasteiger partial charge in [-0.3, -0.25) is 0 Å². The van der Waals surface area contributed by atoms with Gasteiger partial charge in [-0.15, -0.1) is 0 Å². The van der Waals surface area contributed by atoms with Gasteiger partial charge in [0.1, 0.15) is 6.54 Å². The van der Waals surface area contributed by atoms with E-state index in [1.165, 1.54) is 17.5 Å². The third kappa shape index (κ3) is 1.27. The zero-order valence-corrected chi connectivity index (χ0v) is 6.33. The van der Waals surface area contributed by atoms with Crippen LogP contribution in [0.2, 0.25) is 0 Å². The third-order valence-corrected chi connectivity index (χ3v) is 2.08. The number of rotatable bonds is 1. The van der Waals surface area contributed by atoms with Crippen LogP contribution in [0.15, 0.2) is 6.20 Å². The second-order valence-corrected chi connectivity index (χ2v) is 3.03. The first kappa shape index (κ1) is 6.68. The summed E-state index contributed by atoms with van der Waals surface area (Å²) in [5, 5.41) is 0.921. The van der Waals surface area contributed by atoms with Crippen molar-refractivity contribution in [2.45, 2.75) is 20.4 Å². The Hall–Kier alpha value is -0.440. The summed E-state index contributed by atoms with van der Waals surface area (Å²) in [6.45, 7) is 4.77. The summed E-state index contributed by atoms with van der Waals surface area (Å²) in [6.07, 6.45) is 1.53. The lowest BCUT2D eigenvalue weighted by Crippen LogP contribution is -2.31. The van der Waals surface area contributed by atoms with Gasteiger partial charge in [0.05, 0.1) is 0 Å². The molecule has 1 aromatic rings. The lowest BCUT2D eigenvalue weighted by Gasteiger charge is -1.82. The number of nitrogens with zero attached hydrogens (tertiary/aromatic N) is 1. The molecule has 0 atom stereocenters. The summed E-state index contributed by atoms with van der Waals surface area (Å²) in [7, 11) is 0. The van der Waals surface area contributed by atoms with Gasteiger partial charge in [-0.25, -0.2) is 0 Å². The highest BCUT2D eigenvalue weighted by Gasteiger charge is 2.08. The van der Waals surface area contributed by atoms with Crippen LogP contribution in [0.4, 0.5) is 4.39 Å². The van der Waals surface area contributed by atoms with Crippen LogP contribution >= 0.6 is 11.3 Å². The minimum absolute atomic E-state index is 0.102. The van der Waals surface area contributed by atoms with Gasteiger partial charge in [0.2, 0.25) is 16.3 Å². The Kier molecular flexibility index (Phi) is 1.81. The van der Waals surface area contributed by atoms with Gasteiger partial charge in [-0.05, 0) is 18.3 Å². The Morgan fingerprint density at radius 2 is 2.44 bits per heavy atom. The molecule has 0 saturated carbocycles. The fourth-order valence-electron chi connectivity index (χ4n) is 0.753. The smallest absolute Gasteiger partial charge is 0.191 e. The maximum atomic E-state index is 12.4. The average Bonchev–Trinajstić information content (AvgIpc) is 2.10. The van der Waals surface area contributed by atoms with E-state index in [-0.39, 0.29) is 5.13 Å². The van der Waals surface area contributed by atoms with Crippen LogP contribution in [0.1, 0.15) is 11.9 Å². The molecule has 1 rings (SSSR count). The fraction of sp³-hybridized carbons (Fsp3) is 0.500. The first-order valence-electron chi connectivity index (χ1n) is 2.89. The van der Waals surface area contributed by atoms with Gasteiger partial charge in [0.15, 0.2) is 0 Å². The van der Waals surface area contributed by atoms with E-state index in [4.69, 9.17) is 0 Å². The first-order chi connectivity index (χ1) is 4.24. The van der Waals surface area contributed by atoms with E-state index in [9.17, 15) is 4.39 Å². The molecule has 1 heterocycles. The molecular formula is C6H9FNS+. The number of thiazole rings is 1. The van der Waals surface area contributed by atoms with Gasteiger partial charge >= 0.3 is 0 Å². The standard InChI is InChI=1S/C6H9FNS/c1-3-8-4-6(7)9-5(8)2/h4H,3H2,1-2H3/q+1. The normalized spacial score (nSPS) is 10.1. The maximum absolute atomic E-state index is 12.4. The monoisotopic (exact) mass is 146 g/mol. The van der Waals surface area contributed by atoms with Crippen LogP contribution in [0.3, 0.4) is 0 Å². The van der Waals surface area contributed by atoms with Crippen molar-refractivity contribution in [1.29, 1.82) is 0 Å². The van der Waals surface area contributed by atoms with E-state index in [2.05, 4.69) is 0 Å². The summed E-state index contributed by atoms with van der Waals surface area (Å²) in [6, 6.07) is 0. The molecule has 50 valence electrons. The Morgan fingerprint density at radius 3 is 2.67 bits per heavy atom. The molecule has 1 nitrogen and oxygen atoms in total. The van der Waals surface area contributed by atoms with E-state index in [1.54, 1.807) is 0 Å². The van der Waals surface area contributed by atoms with E-state index in [0.717, 1.165) is 11.6 Å². The van der Waals surface area contributed by atoms with Gasteiger partial charge in [-0.1, -0.05) is 0 Å². The molecule has 1 aromatic heterocycles. The zero-order chi connectivity index (χ0) is 6.85. The summed E-state index contributed by atoms with van der Waals surface area (Å²) >= 11 is 1.19. The molecule has 9 heavy (non-hydrogen) atoms. The molecule has 0 amide bonds. The van der Waals surface area contributed by atoms with Crippen LogP contribution < -0.4 is 4.57 Å². The van der Waals surface area contributed by atoms with E-state index in [0.29, 0.717) is 0 Å². The quantitative estimate of drug-likeness (QED) is 0.529. The van der Waals surface area contributed by atoms with E-state index < -0.39 is 0 Å². The summed E-state index contributed by atoms with van der Waals surface area (Å²) in [5.41, 5.74) is 0. The molecular weight excluding hydrogens is 137 g/mol. The van der Waals surface area contributed by atoms with E-state index >= 15 is 0 Å². The second-order valence-electron chi connectivity index (χ2n) is 1.84. The van der Waals surface area contributed by atoms with Crippen LogP contribution in [0, 0.1) is 12.1 Å². The van der Waals surface area contributed by atoms with Crippen LogP contribution in [0.25, 0.3) is 0 Å². The first-order valence-corrected chi connectivity index (χ1v) is 3.71. The largest absolute Gasteiger partial charge is 0.245 e. The summed E-state index contributed by atoms with van der Waals surface area (Å²) in [5.74, 6) is 0. The zero-order valence-electron chi connectivity index (χ0n) is 5.52. The minimum Gasteiger partial charge on any atom is -0.191 e. The predicted molar refractivity (Wildman–Crippen MR) is 34.9 cm³/mol. The fourth-order valence-corrected chi connectivity index (χ4v) is 1.51. The van der Waals surface area contributed by atoms with Crippen molar-refractivity contribution in [2.24, 2.45) is 0 Å². The van der Waals surface area contributed by atoms with Crippen molar-refractivity contribution >= 4 is 11.3 Å². The molecule has 0 saturated heterocycles. The number of hydrogen-bond acceptors (Lipinski definition) is 1. The molecule has 0 aliphatic rings. The second kappa shape index (κ2) is 2.43. The Balaban J connectivity index is 3.01. The Bertz CT molecular complexity index is 207. The molecule has 0 spiro atoms. The number of aromatic nitrogens is 1. The Morgan fingerprint density at radius 1 is 1.78 bits per heavy atom. The highest BCUT2D eigenvalue weighted by atomic mass is 32.1. The number of halogens is 1. The SMILES string of the molecule is CC[n+]1cc(F)sc1C. The molecule has 0 aromatic carbocycles. The minimum atomic E-state index is -0.102. The van der Waals surface area contributed by atoms with Crippen molar-refractivity contribution in [1.82, 2.24) is 0 Å². The number of aryl methyl sites for hydroxylation is 2. The van der Waals surface area contributed by atoms with Crippen molar-refractivity contribution in [3.05, 3.63) is 16.3 Å². The molecule has 0 aliphatic heterocycles. The average molecular weight is 146 g/mol. The molecule has 0 aliphatic carbocycles. The van der Waals surface area contributed by atoms with Crippen molar-refractivity contribution in [2.75, 3.05) is 0 Å². The lowest BCUT2D eigenvalue weighted by atomic mass is 10.6. The molecule has 0 fully saturated rings. The lowest BCUT2D eigenvalue weighted by molar-refractivity contribution is -0.695. The molecule has 0 bridgehead atoms. The van der Waals surface area contributed by atoms with Crippen molar-refractivity contribution in [3.63, 3.8) is 0 Å². The number of hydrogen-bond donors (Lipinski definition) is 0. The van der Waals surface area contributed by atoms with Gasteiger partial charge < -0.3 is 0 Å². The van der Waals surface area contributed by atoms with Gasteiger partial charge in [-0.2, -0.15) is 8.96 Å². The molecule has 0 radical (unpaired) electrons. The molecule has 0 N–H and O–H groups in total. The maximum Gasteiger partial charge on any atom is 0.245 e. The predicted octanol–water partition coefficient (Wildman–Crippen LogP) is 1.50. The molecule has 0 unspecified atom stereocenters. The third-order valence-electron chi connectivity index (χ3n) is 1.25. The van der Waals surface area contributed by atoms with Crippen LogP contribution in [-0.2, 0) is 6.54 Å². The summed E-state index contributed by atoms with van der Waals surface area (Å²) < 4.78 is 14.3. The Labute approximate surface area is 57.8 Å². The van der Waals surface area contributed by atoms with Crippen molar-refractivity contribution in [3.8, 4) is 0 Å². The van der Waals surface area contributed by atoms with Gasteiger partial charge in [0, 0.05) is 6.92 Å². The highest BCUT2D eigenvalue weighted by Crippen LogP contribution is 2.06. The van der Waals surface area contributed by atoms with E-state index in [1.807, 2.05) is 18.4 Å². The van der Waals surface area contributed by atoms with Crippen LogP contribution in [0.5, 0.6) is 0 Å².